The number of methoxy groups -OCH3 is 1. The molecule has 1 N–H and O–H groups in total. The molecule has 1 aliphatic heterocycles. The molecule has 5 nitrogen and oxygen atoms in total. The third-order valence-electron chi connectivity index (χ3n) is 4.01. The Labute approximate surface area is 149 Å². The van der Waals surface area contributed by atoms with Crippen molar-refractivity contribution in [2.24, 2.45) is 0 Å². The highest BCUT2D eigenvalue weighted by Gasteiger charge is 2.31. The van der Waals surface area contributed by atoms with Crippen LogP contribution in [-0.2, 0) is 15.7 Å². The zero-order valence-corrected chi connectivity index (χ0v) is 14.7. The van der Waals surface area contributed by atoms with Gasteiger partial charge in [0.1, 0.15) is 0 Å². The molecule has 0 unspecified atom stereocenters. The molecule has 1 fully saturated rings. The number of amides is 1. The minimum Gasteiger partial charge on any atom is -0.383 e. The topological polar surface area (TPSA) is 44.8 Å². The zero-order valence-electron chi connectivity index (χ0n) is 13.9. The Morgan fingerprint density at radius 3 is 2.48 bits per heavy atom. The summed E-state index contributed by atoms with van der Waals surface area (Å²) in [4.78, 5) is 16.3. The van der Waals surface area contributed by atoms with Gasteiger partial charge in [0.15, 0.2) is 0 Å². The summed E-state index contributed by atoms with van der Waals surface area (Å²) < 4.78 is 43.3. The van der Waals surface area contributed by atoms with Crippen LogP contribution in [0.2, 0.25) is 5.02 Å². The molecule has 0 radical (unpaired) electrons. The summed E-state index contributed by atoms with van der Waals surface area (Å²) in [6.45, 7) is 4.69. The SMILES string of the molecule is COCCN1CCN(CC(=O)Nc2cc(C(F)(F)F)ccc2Cl)CC1. The Morgan fingerprint density at radius 2 is 1.88 bits per heavy atom. The molecule has 0 aromatic heterocycles. The van der Waals surface area contributed by atoms with Crippen LogP contribution in [0.1, 0.15) is 5.56 Å². The van der Waals surface area contributed by atoms with Crippen molar-refractivity contribution in [3.8, 4) is 0 Å². The molecule has 9 heteroatoms. The van der Waals surface area contributed by atoms with Crippen LogP contribution >= 0.6 is 11.6 Å². The second-order valence-corrected chi connectivity index (χ2v) is 6.26. The fourth-order valence-corrected chi connectivity index (χ4v) is 2.75. The minimum atomic E-state index is -4.48. The highest BCUT2D eigenvalue weighted by molar-refractivity contribution is 6.33. The van der Waals surface area contributed by atoms with Crippen molar-refractivity contribution in [2.45, 2.75) is 6.18 Å². The molecule has 1 saturated heterocycles. The summed E-state index contributed by atoms with van der Waals surface area (Å²) in [7, 11) is 1.65. The molecule has 2 rings (SSSR count). The lowest BCUT2D eigenvalue weighted by Gasteiger charge is -2.34. The lowest BCUT2D eigenvalue weighted by molar-refractivity contribution is -0.137. The van der Waals surface area contributed by atoms with Gasteiger partial charge in [-0.2, -0.15) is 13.2 Å². The zero-order chi connectivity index (χ0) is 18.4. The van der Waals surface area contributed by atoms with Crippen molar-refractivity contribution in [3.63, 3.8) is 0 Å². The van der Waals surface area contributed by atoms with E-state index < -0.39 is 11.7 Å². The third kappa shape index (κ3) is 6.14. The molecular weight excluding hydrogens is 359 g/mol. The Bertz CT molecular complexity index is 590. The standard InChI is InChI=1S/C16H21ClF3N3O2/c1-25-9-8-22-4-6-23(7-5-22)11-15(24)21-14-10-12(16(18,19)20)2-3-13(14)17/h2-3,10H,4-9,11H2,1H3,(H,21,24). The number of piperazine rings is 1. The first-order valence-corrected chi connectivity index (χ1v) is 8.27. The molecule has 1 heterocycles. The van der Waals surface area contributed by atoms with Crippen molar-refractivity contribution in [1.29, 1.82) is 0 Å². The van der Waals surface area contributed by atoms with Crippen molar-refractivity contribution in [2.75, 3.05) is 58.3 Å². The second-order valence-electron chi connectivity index (χ2n) is 5.85. The van der Waals surface area contributed by atoms with E-state index in [1.54, 1.807) is 7.11 Å². The molecule has 0 spiro atoms. The predicted octanol–water partition coefficient (Wildman–Crippen LogP) is 2.56. The first-order chi connectivity index (χ1) is 11.8. The quantitative estimate of drug-likeness (QED) is 0.825. The van der Waals surface area contributed by atoms with E-state index in [2.05, 4.69) is 10.2 Å². The Hall–Kier alpha value is -1.35. The molecule has 25 heavy (non-hydrogen) atoms. The van der Waals surface area contributed by atoms with Crippen LogP contribution in [0.4, 0.5) is 18.9 Å². The first-order valence-electron chi connectivity index (χ1n) is 7.90. The number of hydrogen-bond acceptors (Lipinski definition) is 4. The van der Waals surface area contributed by atoms with Gasteiger partial charge in [-0.15, -0.1) is 0 Å². The number of carbonyl (C=O) groups is 1. The smallest absolute Gasteiger partial charge is 0.383 e. The van der Waals surface area contributed by atoms with Crippen LogP contribution in [-0.4, -0.2) is 68.7 Å². The maximum atomic E-state index is 12.8. The Balaban J connectivity index is 1.87. The molecule has 1 aromatic rings. The summed E-state index contributed by atoms with van der Waals surface area (Å²) in [5.41, 5.74) is -0.876. The second kappa shape index (κ2) is 8.84. The molecular formula is C16H21ClF3N3O2. The number of carbonyl (C=O) groups excluding carboxylic acids is 1. The van der Waals surface area contributed by atoms with Gasteiger partial charge in [-0.05, 0) is 18.2 Å². The van der Waals surface area contributed by atoms with E-state index in [9.17, 15) is 18.0 Å². The van der Waals surface area contributed by atoms with Gasteiger partial charge < -0.3 is 10.1 Å². The van der Waals surface area contributed by atoms with Gasteiger partial charge in [0.25, 0.3) is 0 Å². The van der Waals surface area contributed by atoms with E-state index in [1.807, 2.05) is 4.90 Å². The van der Waals surface area contributed by atoms with Crippen LogP contribution < -0.4 is 5.32 Å². The fraction of sp³-hybridized carbons (Fsp3) is 0.562. The number of alkyl halides is 3. The number of ether oxygens (including phenoxy) is 1. The van der Waals surface area contributed by atoms with E-state index in [0.717, 1.165) is 37.8 Å². The summed E-state index contributed by atoms with van der Waals surface area (Å²) in [5.74, 6) is -0.383. The number of benzene rings is 1. The average Bonchev–Trinajstić information content (AvgIpc) is 2.55. The lowest BCUT2D eigenvalue weighted by atomic mass is 10.2. The molecule has 0 bridgehead atoms. The van der Waals surface area contributed by atoms with Gasteiger partial charge in [0.05, 0.1) is 29.4 Å². The van der Waals surface area contributed by atoms with E-state index in [1.165, 1.54) is 0 Å². The van der Waals surface area contributed by atoms with Crippen molar-refractivity contribution < 1.29 is 22.7 Å². The number of anilines is 1. The van der Waals surface area contributed by atoms with Gasteiger partial charge in [0, 0.05) is 39.8 Å². The van der Waals surface area contributed by atoms with Gasteiger partial charge in [-0.25, -0.2) is 0 Å². The molecule has 1 aromatic carbocycles. The van der Waals surface area contributed by atoms with Gasteiger partial charge in [-0.1, -0.05) is 11.6 Å². The summed E-state index contributed by atoms with van der Waals surface area (Å²) >= 11 is 5.89. The largest absolute Gasteiger partial charge is 0.416 e. The number of rotatable bonds is 6. The molecule has 0 atom stereocenters. The van der Waals surface area contributed by atoms with Crippen LogP contribution in [0.5, 0.6) is 0 Å². The van der Waals surface area contributed by atoms with E-state index in [-0.39, 0.29) is 23.2 Å². The van der Waals surface area contributed by atoms with Gasteiger partial charge in [-0.3, -0.25) is 14.6 Å². The predicted molar refractivity (Wildman–Crippen MR) is 89.8 cm³/mol. The number of nitrogens with zero attached hydrogens (tertiary/aromatic N) is 2. The average molecular weight is 380 g/mol. The summed E-state index contributed by atoms with van der Waals surface area (Å²) in [6.07, 6.45) is -4.48. The number of halogens is 4. The molecule has 1 amide bonds. The van der Waals surface area contributed by atoms with Crippen LogP contribution in [0.15, 0.2) is 18.2 Å². The first kappa shape index (κ1) is 20.0. The van der Waals surface area contributed by atoms with Crippen molar-refractivity contribution in [1.82, 2.24) is 9.80 Å². The minimum absolute atomic E-state index is 0.0276. The van der Waals surface area contributed by atoms with Crippen LogP contribution in [0, 0.1) is 0 Å². The van der Waals surface area contributed by atoms with Crippen molar-refractivity contribution in [3.05, 3.63) is 28.8 Å². The summed E-state index contributed by atoms with van der Waals surface area (Å²) in [5, 5.41) is 2.54. The normalized spacial score (nSPS) is 16.8. The number of nitrogens with one attached hydrogen (secondary N) is 1. The molecule has 0 saturated carbocycles. The van der Waals surface area contributed by atoms with E-state index >= 15 is 0 Å². The Morgan fingerprint density at radius 1 is 1.24 bits per heavy atom. The monoisotopic (exact) mass is 379 g/mol. The molecule has 1 aliphatic rings. The third-order valence-corrected chi connectivity index (χ3v) is 4.34. The highest BCUT2D eigenvalue weighted by Crippen LogP contribution is 2.33. The van der Waals surface area contributed by atoms with E-state index in [4.69, 9.17) is 16.3 Å². The number of hydrogen-bond donors (Lipinski definition) is 1. The van der Waals surface area contributed by atoms with Gasteiger partial charge in [0.2, 0.25) is 5.91 Å². The lowest BCUT2D eigenvalue weighted by Crippen LogP contribution is -2.49. The highest BCUT2D eigenvalue weighted by atomic mass is 35.5. The fourth-order valence-electron chi connectivity index (χ4n) is 2.58. The molecule has 140 valence electrons. The Kier molecular flexibility index (Phi) is 7.06. The maximum absolute atomic E-state index is 12.8. The van der Waals surface area contributed by atoms with Gasteiger partial charge >= 0.3 is 6.18 Å². The van der Waals surface area contributed by atoms with E-state index in [0.29, 0.717) is 19.7 Å². The summed E-state index contributed by atoms with van der Waals surface area (Å²) in [6, 6.07) is 2.87. The van der Waals surface area contributed by atoms with Crippen LogP contribution in [0.3, 0.4) is 0 Å². The van der Waals surface area contributed by atoms with Crippen LogP contribution in [0.25, 0.3) is 0 Å². The molecule has 0 aliphatic carbocycles. The van der Waals surface area contributed by atoms with Crippen molar-refractivity contribution >= 4 is 23.2 Å². The maximum Gasteiger partial charge on any atom is 0.416 e.